The Morgan fingerprint density at radius 1 is 0.810 bits per heavy atom. The van der Waals surface area contributed by atoms with Gasteiger partial charge in [-0.1, -0.05) is 47.5 Å². The van der Waals surface area contributed by atoms with Crippen molar-refractivity contribution >= 4 is 66.4 Å². The van der Waals surface area contributed by atoms with Gasteiger partial charge in [0.1, 0.15) is 5.82 Å². The molecule has 4 aromatic rings. The molecule has 0 heterocycles. The van der Waals surface area contributed by atoms with E-state index in [1.807, 2.05) is 0 Å². The number of halogens is 3. The third kappa shape index (κ3) is 7.39. The Balaban J connectivity index is 1.45. The molecule has 0 radical (unpaired) electrons. The summed E-state index contributed by atoms with van der Waals surface area (Å²) in [6, 6.07) is 21.5. The minimum Gasteiger partial charge on any atom is -0.322 e. The topological polar surface area (TPSA) is 116 Å². The number of benzene rings is 4. The molecule has 0 aliphatic carbocycles. The SMILES string of the molecule is CN(C)S(=O)(=O)N(Cc1ccc(C(=O)Nc2ccc(S(=O)(=O)Nc3cc(Cl)cc(Cl)c3)cc2)cc1)c1ccccc1F. The normalized spacial score (nSPS) is 11.8. The molecular weight excluding hydrogens is 626 g/mol. The predicted octanol–water partition coefficient (Wildman–Crippen LogP) is 6.00. The molecule has 1 amide bonds. The quantitative estimate of drug-likeness (QED) is 0.218. The number of amides is 1. The first-order valence-corrected chi connectivity index (χ1v) is 15.8. The molecule has 14 heteroatoms. The summed E-state index contributed by atoms with van der Waals surface area (Å²) >= 11 is 11.9. The molecule has 0 atom stereocenters. The lowest BCUT2D eigenvalue weighted by Crippen LogP contribution is -2.40. The van der Waals surface area contributed by atoms with E-state index in [1.165, 1.54) is 93.0 Å². The highest BCUT2D eigenvalue weighted by molar-refractivity contribution is 7.92. The summed E-state index contributed by atoms with van der Waals surface area (Å²) in [5.74, 6) is -1.17. The summed E-state index contributed by atoms with van der Waals surface area (Å²) in [6.07, 6.45) is 0. The summed E-state index contributed by atoms with van der Waals surface area (Å²) in [5, 5.41) is 3.22. The molecule has 0 saturated heterocycles. The van der Waals surface area contributed by atoms with E-state index in [2.05, 4.69) is 10.0 Å². The second-order valence-electron chi connectivity index (χ2n) is 9.19. The van der Waals surface area contributed by atoms with Crippen LogP contribution in [0.4, 0.5) is 21.5 Å². The third-order valence-electron chi connectivity index (χ3n) is 5.94. The van der Waals surface area contributed by atoms with E-state index in [0.717, 1.165) is 8.61 Å². The highest BCUT2D eigenvalue weighted by atomic mass is 35.5. The van der Waals surface area contributed by atoms with Crippen molar-refractivity contribution in [1.82, 2.24) is 4.31 Å². The zero-order valence-corrected chi connectivity index (χ0v) is 25.4. The van der Waals surface area contributed by atoms with E-state index in [1.54, 1.807) is 12.1 Å². The predicted molar refractivity (Wildman–Crippen MR) is 163 cm³/mol. The first-order chi connectivity index (χ1) is 19.8. The van der Waals surface area contributed by atoms with Gasteiger partial charge in [-0.3, -0.25) is 13.8 Å². The molecule has 2 N–H and O–H groups in total. The van der Waals surface area contributed by atoms with Gasteiger partial charge in [-0.25, -0.2) is 12.8 Å². The highest BCUT2D eigenvalue weighted by Crippen LogP contribution is 2.27. The molecule has 0 aliphatic heterocycles. The van der Waals surface area contributed by atoms with Crippen LogP contribution in [-0.2, 0) is 26.8 Å². The second kappa shape index (κ2) is 12.7. The molecule has 0 saturated carbocycles. The van der Waals surface area contributed by atoms with Crippen LogP contribution < -0.4 is 14.3 Å². The van der Waals surface area contributed by atoms with Gasteiger partial charge in [-0.05, 0) is 72.3 Å². The molecule has 0 aliphatic rings. The van der Waals surface area contributed by atoms with Crippen molar-refractivity contribution in [3.05, 3.63) is 118 Å². The molecule has 42 heavy (non-hydrogen) atoms. The third-order valence-corrected chi connectivity index (χ3v) is 9.58. The first-order valence-electron chi connectivity index (χ1n) is 12.2. The highest BCUT2D eigenvalue weighted by Gasteiger charge is 2.27. The number of rotatable bonds is 10. The van der Waals surface area contributed by atoms with Gasteiger partial charge in [0.2, 0.25) is 0 Å². The Labute approximate surface area is 253 Å². The molecule has 0 spiro atoms. The Hall–Kier alpha value is -3.68. The van der Waals surface area contributed by atoms with E-state index >= 15 is 0 Å². The van der Waals surface area contributed by atoms with E-state index < -0.39 is 32.0 Å². The average molecular weight is 652 g/mol. The summed E-state index contributed by atoms with van der Waals surface area (Å²) < 4.78 is 70.2. The number of anilines is 3. The first kappa shape index (κ1) is 31.3. The summed E-state index contributed by atoms with van der Waals surface area (Å²) in [6.45, 7) is -0.172. The standard InChI is InChI=1S/C28H25Cl2FN4O5S2/c1-34(2)42(39,40)35(27-6-4-3-5-26(27)31)18-19-7-9-20(10-8-19)28(36)32-23-11-13-25(14-12-23)41(37,38)33-24-16-21(29)15-22(30)17-24/h3-17,33H,18H2,1-2H3,(H,32,36). The minimum atomic E-state index is -4.03. The minimum absolute atomic E-state index is 0.0481. The van der Waals surface area contributed by atoms with Crippen LogP contribution in [0.15, 0.2) is 95.9 Å². The van der Waals surface area contributed by atoms with Crippen molar-refractivity contribution in [3.8, 4) is 0 Å². The van der Waals surface area contributed by atoms with Crippen molar-refractivity contribution in [3.63, 3.8) is 0 Å². The van der Waals surface area contributed by atoms with E-state index in [9.17, 15) is 26.0 Å². The lowest BCUT2D eigenvalue weighted by atomic mass is 10.1. The van der Waals surface area contributed by atoms with Gasteiger partial charge >= 0.3 is 10.2 Å². The number of nitrogens with zero attached hydrogens (tertiary/aromatic N) is 2. The largest absolute Gasteiger partial charge is 0.322 e. The average Bonchev–Trinajstić information content (AvgIpc) is 2.92. The number of carbonyl (C=O) groups is 1. The van der Waals surface area contributed by atoms with Gasteiger partial charge in [-0.15, -0.1) is 0 Å². The maximum Gasteiger partial charge on any atom is 0.303 e. The van der Waals surface area contributed by atoms with Gasteiger partial charge in [0.15, 0.2) is 0 Å². The van der Waals surface area contributed by atoms with Crippen LogP contribution in [0.25, 0.3) is 0 Å². The number of nitrogens with one attached hydrogen (secondary N) is 2. The van der Waals surface area contributed by atoms with Crippen molar-refractivity contribution in [1.29, 1.82) is 0 Å². The maximum absolute atomic E-state index is 14.5. The maximum atomic E-state index is 14.5. The molecule has 0 unspecified atom stereocenters. The Bertz CT molecular complexity index is 1800. The zero-order valence-electron chi connectivity index (χ0n) is 22.3. The lowest BCUT2D eigenvalue weighted by Gasteiger charge is -2.27. The van der Waals surface area contributed by atoms with Gasteiger partial charge in [0.25, 0.3) is 15.9 Å². The Morgan fingerprint density at radius 2 is 1.40 bits per heavy atom. The summed E-state index contributed by atoms with van der Waals surface area (Å²) in [5.41, 5.74) is 1.22. The Morgan fingerprint density at radius 3 is 1.98 bits per heavy atom. The number of para-hydroxylation sites is 1. The summed E-state index contributed by atoms with van der Waals surface area (Å²) in [4.78, 5) is 12.8. The van der Waals surface area contributed by atoms with Crippen LogP contribution in [0.3, 0.4) is 0 Å². The number of sulfonamides is 1. The van der Waals surface area contributed by atoms with Crippen molar-refractivity contribution in [2.24, 2.45) is 0 Å². The summed E-state index contributed by atoms with van der Waals surface area (Å²) in [7, 11) is -5.28. The van der Waals surface area contributed by atoms with Crippen LogP contribution in [0.1, 0.15) is 15.9 Å². The van der Waals surface area contributed by atoms with Gasteiger partial charge in [0, 0.05) is 35.4 Å². The smallest absolute Gasteiger partial charge is 0.303 e. The van der Waals surface area contributed by atoms with Crippen molar-refractivity contribution in [2.45, 2.75) is 11.4 Å². The number of hydrogen-bond donors (Lipinski definition) is 2. The fourth-order valence-corrected chi connectivity index (χ4v) is 6.49. The van der Waals surface area contributed by atoms with Crippen molar-refractivity contribution < 1.29 is 26.0 Å². The molecular formula is C28H25Cl2FN4O5S2. The second-order valence-corrected chi connectivity index (χ2v) is 13.8. The monoisotopic (exact) mass is 650 g/mol. The molecule has 4 rings (SSSR count). The molecule has 0 fully saturated rings. The van der Waals surface area contributed by atoms with Gasteiger partial charge < -0.3 is 5.32 Å². The van der Waals surface area contributed by atoms with E-state index in [4.69, 9.17) is 23.2 Å². The van der Waals surface area contributed by atoms with Crippen LogP contribution in [0.5, 0.6) is 0 Å². The van der Waals surface area contributed by atoms with Crippen LogP contribution in [0, 0.1) is 5.82 Å². The van der Waals surface area contributed by atoms with E-state index in [-0.39, 0.29) is 38.4 Å². The van der Waals surface area contributed by atoms with Crippen molar-refractivity contribution in [2.75, 3.05) is 28.4 Å². The zero-order chi connectivity index (χ0) is 30.7. The fourth-order valence-electron chi connectivity index (χ4n) is 3.82. The van der Waals surface area contributed by atoms with Crippen LogP contribution >= 0.6 is 23.2 Å². The molecule has 9 nitrogen and oxygen atoms in total. The van der Waals surface area contributed by atoms with Gasteiger partial charge in [0.05, 0.1) is 22.8 Å². The fraction of sp³-hybridized carbons (Fsp3) is 0.107. The van der Waals surface area contributed by atoms with Crippen LogP contribution in [0.2, 0.25) is 10.0 Å². The lowest BCUT2D eigenvalue weighted by molar-refractivity contribution is 0.102. The number of hydrogen-bond acceptors (Lipinski definition) is 5. The number of carbonyl (C=O) groups excluding carboxylic acids is 1. The molecule has 220 valence electrons. The van der Waals surface area contributed by atoms with E-state index in [0.29, 0.717) is 11.3 Å². The molecule has 4 aromatic carbocycles. The van der Waals surface area contributed by atoms with Crippen LogP contribution in [-0.4, -0.2) is 41.1 Å². The molecule has 0 bridgehead atoms. The Kier molecular flexibility index (Phi) is 9.43. The van der Waals surface area contributed by atoms with Gasteiger partial charge in [-0.2, -0.15) is 12.7 Å². The molecule has 0 aromatic heterocycles.